The average Bonchev–Trinajstić information content (AvgIpc) is 3.22. The van der Waals surface area contributed by atoms with E-state index in [1.807, 2.05) is 43.3 Å². The third kappa shape index (κ3) is 11.3. The fraction of sp³-hybridized carbons (Fsp3) is 0.500. The highest BCUT2D eigenvalue weighted by molar-refractivity contribution is 6.42. The molecule has 3 aromatic rings. The number of methoxy groups -OCH3 is 3. The van der Waals surface area contributed by atoms with E-state index in [9.17, 15) is 19.8 Å². The summed E-state index contributed by atoms with van der Waals surface area (Å²) in [5.41, 5.74) is 7.09. The van der Waals surface area contributed by atoms with Crippen molar-refractivity contribution in [1.29, 1.82) is 0 Å². The van der Waals surface area contributed by atoms with Gasteiger partial charge in [-0.15, -0.1) is 0 Å². The van der Waals surface area contributed by atoms with Gasteiger partial charge in [0.15, 0.2) is 11.5 Å². The van der Waals surface area contributed by atoms with Crippen molar-refractivity contribution in [2.24, 2.45) is 0 Å². The summed E-state index contributed by atoms with van der Waals surface area (Å²) in [6.07, 6.45) is 3.66. The minimum atomic E-state index is -0.779. The molecule has 0 radical (unpaired) electrons. The molecule has 0 amide bonds. The standard InChI is InChI=1S/C44H59ClN2O10/c1-31-22-33(9-10-40(31)52-3)28-47(16-20-55-21-17-47)14-7-18-56-43(50)27-38(45)44(51)57-19-6-13-46(2)15-12-34-25-35(29-48)36(30-49)26-37(34)39(46)23-32-8-11-41(53-4)42(24-32)54-5/h8-11,22,24-27,39,48-49H,6-7,12-21,23,28-30H2,1-5H3/q+2/b38-27-/t39-,46-/m1/s1. The largest absolute Gasteiger partial charge is 0.496 e. The normalized spacial score (nSPS) is 19.0. The fourth-order valence-corrected chi connectivity index (χ4v) is 8.47. The maximum Gasteiger partial charge on any atom is 0.350 e. The molecule has 2 atom stereocenters. The number of hydrogen-bond acceptors (Lipinski definition) is 10. The summed E-state index contributed by atoms with van der Waals surface area (Å²) in [7, 11) is 7.09. The van der Waals surface area contributed by atoms with Crippen molar-refractivity contribution in [3.8, 4) is 17.2 Å². The number of benzene rings is 3. The van der Waals surface area contributed by atoms with Gasteiger partial charge in [-0.25, -0.2) is 9.59 Å². The van der Waals surface area contributed by atoms with Crippen LogP contribution in [-0.4, -0.2) is 119 Å². The Morgan fingerprint density at radius 1 is 0.825 bits per heavy atom. The second-order valence-electron chi connectivity index (χ2n) is 15.3. The zero-order chi connectivity index (χ0) is 41.0. The third-order valence-corrected chi connectivity index (χ3v) is 11.9. The first kappa shape index (κ1) is 43.9. The van der Waals surface area contributed by atoms with Crippen molar-refractivity contribution in [1.82, 2.24) is 0 Å². The quantitative estimate of drug-likeness (QED) is 0.0710. The van der Waals surface area contributed by atoms with Crippen LogP contribution >= 0.6 is 11.6 Å². The molecule has 0 aromatic heterocycles. The summed E-state index contributed by atoms with van der Waals surface area (Å²) in [4.78, 5) is 25.4. The number of quaternary nitrogens is 2. The van der Waals surface area contributed by atoms with E-state index in [1.165, 1.54) is 5.56 Å². The van der Waals surface area contributed by atoms with E-state index < -0.39 is 11.9 Å². The summed E-state index contributed by atoms with van der Waals surface area (Å²) in [5, 5.41) is 19.8. The predicted molar refractivity (Wildman–Crippen MR) is 216 cm³/mol. The number of carbonyl (C=O) groups excluding carboxylic acids is 2. The minimum absolute atomic E-state index is 0.00520. The van der Waals surface area contributed by atoms with Gasteiger partial charge in [0.2, 0.25) is 0 Å². The molecule has 0 unspecified atom stereocenters. The summed E-state index contributed by atoms with van der Waals surface area (Å²) in [5.74, 6) is 0.689. The number of ether oxygens (including phenoxy) is 6. The number of aliphatic hydroxyl groups excluding tert-OH is 2. The second-order valence-corrected chi connectivity index (χ2v) is 15.7. The predicted octanol–water partition coefficient (Wildman–Crippen LogP) is 5.33. The van der Waals surface area contributed by atoms with Crippen molar-refractivity contribution >= 4 is 23.5 Å². The maximum atomic E-state index is 12.8. The molecule has 1 fully saturated rings. The van der Waals surface area contributed by atoms with E-state index in [2.05, 4.69) is 19.2 Å². The van der Waals surface area contributed by atoms with Crippen LogP contribution < -0.4 is 14.2 Å². The SMILES string of the molecule is COc1ccc(C[N+]2(CCCOC(=O)/C=C(\Cl)C(=O)OCCC[N@+]3(C)CCc4cc(CO)c(CO)cc4[C@H]3Cc3ccc(OC)c(OC)c3)CCOCC2)cc1C. The number of esters is 2. The molecule has 2 aliphatic rings. The first-order valence-corrected chi connectivity index (χ1v) is 20.0. The Bertz CT molecular complexity index is 1880. The molecule has 12 nitrogen and oxygen atoms in total. The van der Waals surface area contributed by atoms with Gasteiger partial charge in [-0.2, -0.15) is 0 Å². The molecule has 0 spiro atoms. The zero-order valence-corrected chi connectivity index (χ0v) is 34.8. The molecule has 0 saturated carbocycles. The molecule has 13 heteroatoms. The number of rotatable bonds is 19. The Hall–Kier alpha value is -4.17. The van der Waals surface area contributed by atoms with Crippen LogP contribution in [0.5, 0.6) is 17.2 Å². The lowest BCUT2D eigenvalue weighted by Gasteiger charge is -2.46. The molecular weight excluding hydrogens is 752 g/mol. The van der Waals surface area contributed by atoms with Crippen molar-refractivity contribution in [2.75, 3.05) is 87.5 Å². The van der Waals surface area contributed by atoms with E-state index in [4.69, 9.17) is 40.0 Å². The Kier molecular flexibility index (Phi) is 15.8. The summed E-state index contributed by atoms with van der Waals surface area (Å²) < 4.78 is 34.6. The van der Waals surface area contributed by atoms with Crippen LogP contribution in [0.4, 0.5) is 0 Å². The number of likely N-dealkylation sites (N-methyl/N-ethyl adjacent to an activating group) is 1. The number of nitrogens with zero attached hydrogens (tertiary/aromatic N) is 2. The fourth-order valence-electron chi connectivity index (χ4n) is 8.33. The van der Waals surface area contributed by atoms with Crippen molar-refractivity contribution < 1.29 is 57.2 Å². The molecule has 0 bridgehead atoms. The number of carbonyl (C=O) groups is 2. The number of aliphatic hydroxyl groups is 2. The van der Waals surface area contributed by atoms with E-state index >= 15 is 0 Å². The smallest absolute Gasteiger partial charge is 0.350 e. The van der Waals surface area contributed by atoms with E-state index in [0.29, 0.717) is 60.6 Å². The Morgan fingerprint density at radius 2 is 1.47 bits per heavy atom. The lowest BCUT2D eigenvalue weighted by atomic mass is 9.84. The van der Waals surface area contributed by atoms with Crippen molar-refractivity contribution in [3.63, 3.8) is 0 Å². The van der Waals surface area contributed by atoms with Crippen molar-refractivity contribution in [3.05, 3.63) is 98.6 Å². The third-order valence-electron chi connectivity index (χ3n) is 11.6. The van der Waals surface area contributed by atoms with E-state index in [0.717, 1.165) is 83.3 Å². The number of aryl methyl sites for hydroxylation is 1. The number of halogens is 1. The lowest BCUT2D eigenvalue weighted by molar-refractivity contribution is -0.947. The maximum absolute atomic E-state index is 12.8. The Balaban J connectivity index is 1.15. The molecule has 310 valence electrons. The molecule has 0 aliphatic carbocycles. The van der Waals surface area contributed by atoms with E-state index in [1.54, 1.807) is 21.3 Å². The van der Waals surface area contributed by atoms with Gasteiger partial charge < -0.3 is 47.6 Å². The van der Waals surface area contributed by atoms with Gasteiger partial charge in [-0.1, -0.05) is 23.7 Å². The Morgan fingerprint density at radius 3 is 2.16 bits per heavy atom. The number of hydrogen-bond donors (Lipinski definition) is 2. The summed E-state index contributed by atoms with van der Waals surface area (Å²) in [6, 6.07) is 16.2. The molecule has 2 N–H and O–H groups in total. The zero-order valence-electron chi connectivity index (χ0n) is 34.0. The highest BCUT2D eigenvalue weighted by Crippen LogP contribution is 2.40. The van der Waals surface area contributed by atoms with Crippen LogP contribution in [0, 0.1) is 6.92 Å². The molecule has 1 saturated heterocycles. The second kappa shape index (κ2) is 20.5. The summed E-state index contributed by atoms with van der Waals surface area (Å²) in [6.45, 7) is 8.31. The molecular formula is C44H59ClN2O10+2. The van der Waals surface area contributed by atoms with Gasteiger partial charge in [-0.3, -0.25) is 0 Å². The van der Waals surface area contributed by atoms with Crippen LogP contribution in [0.15, 0.2) is 59.6 Å². The van der Waals surface area contributed by atoms with Gasteiger partial charge in [-0.05, 0) is 71.1 Å². The molecule has 5 rings (SSSR count). The van der Waals surface area contributed by atoms with E-state index in [-0.39, 0.29) is 37.5 Å². The van der Waals surface area contributed by atoms with Gasteiger partial charge in [0.05, 0.1) is 87.7 Å². The van der Waals surface area contributed by atoms with Crippen LogP contribution in [0.25, 0.3) is 0 Å². The molecule has 2 heterocycles. The monoisotopic (exact) mass is 810 g/mol. The van der Waals surface area contributed by atoms with Crippen LogP contribution in [0.2, 0.25) is 0 Å². The van der Waals surface area contributed by atoms with Gasteiger partial charge in [0.1, 0.15) is 36.5 Å². The van der Waals surface area contributed by atoms with Gasteiger partial charge in [0, 0.05) is 42.9 Å². The first-order valence-electron chi connectivity index (χ1n) is 19.7. The molecule has 57 heavy (non-hydrogen) atoms. The van der Waals surface area contributed by atoms with Crippen LogP contribution in [-0.2, 0) is 56.4 Å². The van der Waals surface area contributed by atoms with Crippen LogP contribution in [0.1, 0.15) is 57.8 Å². The highest BCUT2D eigenvalue weighted by atomic mass is 35.5. The lowest BCUT2D eigenvalue weighted by Crippen LogP contribution is -2.55. The van der Waals surface area contributed by atoms with Crippen LogP contribution in [0.3, 0.4) is 0 Å². The number of fused-ring (bicyclic) bond motifs is 1. The summed E-state index contributed by atoms with van der Waals surface area (Å²) >= 11 is 6.23. The average molecular weight is 811 g/mol. The first-order chi connectivity index (χ1) is 27.5. The molecule has 2 aliphatic heterocycles. The van der Waals surface area contributed by atoms with Gasteiger partial charge >= 0.3 is 11.9 Å². The topological polar surface area (TPSA) is 130 Å². The van der Waals surface area contributed by atoms with Crippen molar-refractivity contribution in [2.45, 2.75) is 58.4 Å². The molecule has 3 aromatic carbocycles. The Labute approximate surface area is 341 Å². The van der Waals surface area contributed by atoms with Gasteiger partial charge in [0.25, 0.3) is 0 Å². The number of morpholine rings is 1. The highest BCUT2D eigenvalue weighted by Gasteiger charge is 2.39. The minimum Gasteiger partial charge on any atom is -0.496 e.